The van der Waals surface area contributed by atoms with E-state index in [-0.39, 0.29) is 6.17 Å². The minimum absolute atomic E-state index is 0.0155. The molecule has 0 amide bonds. The number of anilines is 2. The number of rotatable bonds is 1. The molecule has 1 aromatic heterocycles. The Morgan fingerprint density at radius 1 is 0.789 bits per heavy atom. The average Bonchev–Trinajstić information content (AvgIpc) is 2.49. The summed E-state index contributed by atoms with van der Waals surface area (Å²) in [6.07, 6.45) is 1.83. The third-order valence-electron chi connectivity index (χ3n) is 3.49. The fraction of sp³-hybridized carbons (Fsp3) is 0.0625. The molecule has 3 nitrogen and oxygen atoms in total. The van der Waals surface area contributed by atoms with E-state index < -0.39 is 0 Å². The van der Waals surface area contributed by atoms with Crippen LogP contribution in [-0.4, -0.2) is 4.98 Å². The van der Waals surface area contributed by atoms with Crippen LogP contribution in [-0.2, 0) is 0 Å². The molecule has 2 aromatic carbocycles. The predicted molar refractivity (Wildman–Crippen MR) is 78.2 cm³/mol. The van der Waals surface area contributed by atoms with Crippen LogP contribution in [0, 0.1) is 0 Å². The summed E-state index contributed by atoms with van der Waals surface area (Å²) in [6.45, 7) is 0. The van der Waals surface area contributed by atoms with Crippen molar-refractivity contribution in [3.05, 3.63) is 66.5 Å². The van der Waals surface area contributed by atoms with Gasteiger partial charge in [-0.1, -0.05) is 30.3 Å². The van der Waals surface area contributed by atoms with Crippen LogP contribution in [0.5, 0.6) is 0 Å². The Morgan fingerprint density at radius 3 is 2.16 bits per heavy atom. The van der Waals surface area contributed by atoms with Gasteiger partial charge < -0.3 is 10.6 Å². The van der Waals surface area contributed by atoms with Crippen molar-refractivity contribution in [2.24, 2.45) is 0 Å². The number of nitrogens with one attached hydrogen (secondary N) is 2. The van der Waals surface area contributed by atoms with Gasteiger partial charge >= 0.3 is 0 Å². The second kappa shape index (κ2) is 3.99. The minimum atomic E-state index is 0.0155. The molecule has 0 atom stereocenters. The molecule has 4 rings (SSSR count). The van der Waals surface area contributed by atoms with Gasteiger partial charge in [-0.15, -0.1) is 0 Å². The number of hydrogen-bond donors (Lipinski definition) is 2. The minimum Gasteiger partial charge on any atom is -0.360 e. The molecule has 0 saturated carbocycles. The highest BCUT2D eigenvalue weighted by molar-refractivity contribution is 6.04. The van der Waals surface area contributed by atoms with Gasteiger partial charge in [-0.3, -0.25) is 4.98 Å². The van der Waals surface area contributed by atoms with Crippen LogP contribution in [0.3, 0.4) is 0 Å². The van der Waals surface area contributed by atoms with Crippen LogP contribution in [0.15, 0.2) is 60.8 Å². The molecule has 1 aliphatic heterocycles. The van der Waals surface area contributed by atoms with Gasteiger partial charge in [-0.05, 0) is 29.7 Å². The summed E-state index contributed by atoms with van der Waals surface area (Å²) in [7, 11) is 0. The van der Waals surface area contributed by atoms with Gasteiger partial charge in [-0.2, -0.15) is 0 Å². The number of benzene rings is 2. The lowest BCUT2D eigenvalue weighted by Crippen LogP contribution is -2.24. The lowest BCUT2D eigenvalue weighted by Gasteiger charge is -2.29. The molecule has 3 heteroatoms. The van der Waals surface area contributed by atoms with Crippen LogP contribution in [0.25, 0.3) is 10.8 Å². The van der Waals surface area contributed by atoms with Crippen LogP contribution in [0.4, 0.5) is 11.4 Å². The van der Waals surface area contributed by atoms with E-state index in [0.29, 0.717) is 0 Å². The first kappa shape index (κ1) is 10.4. The van der Waals surface area contributed by atoms with Gasteiger partial charge in [0.15, 0.2) is 0 Å². The smallest absolute Gasteiger partial charge is 0.140 e. The zero-order chi connectivity index (χ0) is 12.7. The quantitative estimate of drug-likeness (QED) is 0.687. The summed E-state index contributed by atoms with van der Waals surface area (Å²) >= 11 is 0. The van der Waals surface area contributed by atoms with E-state index in [1.54, 1.807) is 0 Å². The highest BCUT2D eigenvalue weighted by Crippen LogP contribution is 2.37. The molecule has 0 spiro atoms. The standard InChI is InChI=1S/C16H13N3/c1-2-10-17-14(7-1)16-18-12-8-3-5-11-6-4-9-13(19-16)15(11)12/h1-10,16,18-19H. The monoisotopic (exact) mass is 247 g/mol. The summed E-state index contributed by atoms with van der Waals surface area (Å²) in [6, 6.07) is 18.6. The zero-order valence-electron chi connectivity index (χ0n) is 10.3. The molecule has 92 valence electrons. The van der Waals surface area contributed by atoms with E-state index >= 15 is 0 Å². The van der Waals surface area contributed by atoms with Crippen molar-refractivity contribution in [1.82, 2.24) is 4.98 Å². The van der Waals surface area contributed by atoms with Gasteiger partial charge in [0, 0.05) is 23.0 Å². The van der Waals surface area contributed by atoms with Crippen LogP contribution >= 0.6 is 0 Å². The third kappa shape index (κ3) is 1.63. The predicted octanol–water partition coefficient (Wildman–Crippen LogP) is 3.77. The van der Waals surface area contributed by atoms with Gasteiger partial charge in [0.1, 0.15) is 6.17 Å². The molecule has 19 heavy (non-hydrogen) atoms. The van der Waals surface area contributed by atoms with Crippen LogP contribution < -0.4 is 10.6 Å². The maximum atomic E-state index is 4.41. The van der Waals surface area contributed by atoms with Crippen molar-refractivity contribution < 1.29 is 0 Å². The Kier molecular flexibility index (Phi) is 2.18. The van der Waals surface area contributed by atoms with Crippen molar-refractivity contribution >= 4 is 22.1 Å². The van der Waals surface area contributed by atoms with Gasteiger partial charge in [0.25, 0.3) is 0 Å². The molecule has 0 unspecified atom stereocenters. The molecule has 0 radical (unpaired) electrons. The van der Waals surface area contributed by atoms with Crippen LogP contribution in [0.2, 0.25) is 0 Å². The molecule has 3 aromatic rings. The molecular weight excluding hydrogens is 234 g/mol. The summed E-state index contributed by atoms with van der Waals surface area (Å²) in [5.74, 6) is 0. The Hall–Kier alpha value is -2.55. The van der Waals surface area contributed by atoms with E-state index in [4.69, 9.17) is 0 Å². The summed E-state index contributed by atoms with van der Waals surface area (Å²) in [4.78, 5) is 4.41. The third-order valence-corrected chi connectivity index (χ3v) is 3.49. The highest BCUT2D eigenvalue weighted by atomic mass is 15.2. The maximum Gasteiger partial charge on any atom is 0.140 e. The Labute approximate surface area is 111 Å². The van der Waals surface area contributed by atoms with Crippen molar-refractivity contribution in [2.75, 3.05) is 10.6 Å². The highest BCUT2D eigenvalue weighted by Gasteiger charge is 2.20. The van der Waals surface area contributed by atoms with E-state index in [1.165, 1.54) is 10.8 Å². The molecule has 0 aliphatic carbocycles. The van der Waals surface area contributed by atoms with Crippen molar-refractivity contribution in [1.29, 1.82) is 0 Å². The summed E-state index contributed by atoms with van der Waals surface area (Å²) in [5, 5.41) is 9.50. The Morgan fingerprint density at radius 2 is 1.53 bits per heavy atom. The molecule has 1 aliphatic rings. The van der Waals surface area contributed by atoms with Crippen molar-refractivity contribution in [2.45, 2.75) is 6.17 Å². The van der Waals surface area contributed by atoms with Crippen molar-refractivity contribution in [3.63, 3.8) is 0 Å². The van der Waals surface area contributed by atoms with E-state index in [2.05, 4.69) is 52.0 Å². The first-order valence-corrected chi connectivity index (χ1v) is 6.37. The second-order valence-electron chi connectivity index (χ2n) is 4.69. The van der Waals surface area contributed by atoms with Crippen molar-refractivity contribution in [3.8, 4) is 0 Å². The second-order valence-corrected chi connectivity index (χ2v) is 4.69. The number of hydrogen-bond acceptors (Lipinski definition) is 3. The average molecular weight is 247 g/mol. The SMILES string of the molecule is c1ccc(C2Nc3cccc4cccc(c34)N2)nc1. The largest absolute Gasteiger partial charge is 0.360 e. The molecule has 2 heterocycles. The van der Waals surface area contributed by atoms with Gasteiger partial charge in [-0.25, -0.2) is 0 Å². The van der Waals surface area contributed by atoms with E-state index in [1.807, 2.05) is 24.4 Å². The number of aromatic nitrogens is 1. The summed E-state index contributed by atoms with van der Waals surface area (Å²) in [5.41, 5.74) is 3.30. The maximum absolute atomic E-state index is 4.41. The fourth-order valence-corrected chi connectivity index (χ4v) is 2.62. The number of nitrogens with zero attached hydrogens (tertiary/aromatic N) is 1. The molecular formula is C16H13N3. The van der Waals surface area contributed by atoms with Gasteiger partial charge in [0.2, 0.25) is 0 Å². The molecule has 2 N–H and O–H groups in total. The topological polar surface area (TPSA) is 37.0 Å². The van der Waals surface area contributed by atoms with Gasteiger partial charge in [0.05, 0.1) is 5.69 Å². The molecule has 0 bridgehead atoms. The lowest BCUT2D eigenvalue weighted by molar-refractivity contribution is 0.851. The molecule has 0 saturated heterocycles. The number of pyridine rings is 1. The summed E-state index contributed by atoms with van der Waals surface area (Å²) < 4.78 is 0. The Bertz CT molecular complexity index is 697. The van der Waals surface area contributed by atoms with Crippen LogP contribution in [0.1, 0.15) is 11.9 Å². The first-order valence-electron chi connectivity index (χ1n) is 6.37. The fourth-order valence-electron chi connectivity index (χ4n) is 2.62. The Balaban J connectivity index is 1.85. The van der Waals surface area contributed by atoms with E-state index in [0.717, 1.165) is 17.1 Å². The lowest BCUT2D eigenvalue weighted by atomic mass is 10.0. The molecule has 0 fully saturated rings. The normalized spacial score (nSPS) is 13.9. The first-order chi connectivity index (χ1) is 9.42. The van der Waals surface area contributed by atoms with E-state index in [9.17, 15) is 0 Å². The zero-order valence-corrected chi connectivity index (χ0v) is 10.3.